The molecule has 0 unspecified atom stereocenters. The molecule has 1 amide bonds. The lowest BCUT2D eigenvalue weighted by atomic mass is 9.99. The van der Waals surface area contributed by atoms with Gasteiger partial charge in [-0.3, -0.25) is 9.59 Å². The second kappa shape index (κ2) is 7.68. The van der Waals surface area contributed by atoms with Crippen molar-refractivity contribution in [3.8, 4) is 11.5 Å². The summed E-state index contributed by atoms with van der Waals surface area (Å²) in [6.07, 6.45) is 2.58. The lowest BCUT2D eigenvalue weighted by molar-refractivity contribution is -0.142. The summed E-state index contributed by atoms with van der Waals surface area (Å²) < 4.78 is 10.6. The fourth-order valence-electron chi connectivity index (χ4n) is 2.66. The number of carboxylic acids is 1. The highest BCUT2D eigenvalue weighted by Crippen LogP contribution is 2.21. The van der Waals surface area contributed by atoms with Gasteiger partial charge in [0, 0.05) is 18.7 Å². The molecule has 1 aliphatic heterocycles. The number of piperidine rings is 1. The van der Waals surface area contributed by atoms with E-state index in [4.69, 9.17) is 14.6 Å². The van der Waals surface area contributed by atoms with Crippen molar-refractivity contribution >= 4 is 11.9 Å². The molecule has 6 heteroatoms. The molecule has 1 aromatic rings. The van der Waals surface area contributed by atoms with E-state index in [2.05, 4.69) is 0 Å². The third-order valence-electron chi connectivity index (χ3n) is 3.76. The van der Waals surface area contributed by atoms with Crippen LogP contribution < -0.4 is 9.47 Å². The fraction of sp³-hybridized carbons (Fsp3) is 0.500. The number of hydrogen-bond donors (Lipinski definition) is 1. The van der Waals surface area contributed by atoms with Crippen LogP contribution in [0.15, 0.2) is 24.3 Å². The summed E-state index contributed by atoms with van der Waals surface area (Å²) in [5.74, 6) is 0.165. The lowest BCUT2D eigenvalue weighted by Crippen LogP contribution is -2.46. The van der Waals surface area contributed by atoms with Gasteiger partial charge in [-0.1, -0.05) is 6.07 Å². The van der Waals surface area contributed by atoms with Gasteiger partial charge in [0.15, 0.2) is 6.61 Å². The molecule has 1 saturated heterocycles. The predicted octanol–water partition coefficient (Wildman–Crippen LogP) is 1.93. The van der Waals surface area contributed by atoms with Crippen LogP contribution in [0, 0.1) is 0 Å². The Morgan fingerprint density at radius 1 is 1.32 bits per heavy atom. The first-order valence-electron chi connectivity index (χ1n) is 7.38. The molecule has 1 fully saturated rings. The van der Waals surface area contributed by atoms with Crippen LogP contribution in [-0.4, -0.2) is 48.2 Å². The van der Waals surface area contributed by atoms with E-state index in [1.165, 1.54) is 0 Å². The fourth-order valence-corrected chi connectivity index (χ4v) is 2.66. The third-order valence-corrected chi connectivity index (χ3v) is 3.76. The van der Waals surface area contributed by atoms with Crippen molar-refractivity contribution < 1.29 is 24.2 Å². The van der Waals surface area contributed by atoms with Crippen molar-refractivity contribution in [3.63, 3.8) is 0 Å². The van der Waals surface area contributed by atoms with E-state index < -0.39 is 5.97 Å². The molecule has 120 valence electrons. The second-order valence-electron chi connectivity index (χ2n) is 5.30. The maximum atomic E-state index is 12.3. The van der Waals surface area contributed by atoms with E-state index in [9.17, 15) is 9.59 Å². The van der Waals surface area contributed by atoms with Crippen molar-refractivity contribution in [3.05, 3.63) is 24.3 Å². The summed E-state index contributed by atoms with van der Waals surface area (Å²) in [4.78, 5) is 24.8. The van der Waals surface area contributed by atoms with Gasteiger partial charge in [-0.15, -0.1) is 0 Å². The van der Waals surface area contributed by atoms with Crippen molar-refractivity contribution in [2.75, 3.05) is 20.3 Å². The number of nitrogens with zero attached hydrogens (tertiary/aromatic N) is 1. The number of likely N-dealkylation sites (tertiary alicyclic amines) is 1. The topological polar surface area (TPSA) is 76.1 Å². The lowest BCUT2D eigenvalue weighted by Gasteiger charge is -2.34. The van der Waals surface area contributed by atoms with Crippen LogP contribution in [0.4, 0.5) is 0 Å². The molecule has 1 atom stereocenters. The summed E-state index contributed by atoms with van der Waals surface area (Å²) in [6.45, 7) is 0.502. The van der Waals surface area contributed by atoms with Gasteiger partial charge in [0.1, 0.15) is 11.5 Å². The molecule has 0 radical (unpaired) electrons. The van der Waals surface area contributed by atoms with Crippen molar-refractivity contribution in [2.45, 2.75) is 31.7 Å². The van der Waals surface area contributed by atoms with Crippen LogP contribution >= 0.6 is 0 Å². The van der Waals surface area contributed by atoms with Crippen molar-refractivity contribution in [2.24, 2.45) is 0 Å². The van der Waals surface area contributed by atoms with E-state index in [-0.39, 0.29) is 25.0 Å². The van der Waals surface area contributed by atoms with Crippen LogP contribution in [-0.2, 0) is 9.59 Å². The molecule has 1 aromatic carbocycles. The molecule has 2 rings (SSSR count). The number of hydrogen-bond acceptors (Lipinski definition) is 4. The summed E-state index contributed by atoms with van der Waals surface area (Å²) in [7, 11) is 1.56. The van der Waals surface area contributed by atoms with Crippen LogP contribution in [0.5, 0.6) is 11.5 Å². The van der Waals surface area contributed by atoms with Crippen LogP contribution in [0.2, 0.25) is 0 Å². The van der Waals surface area contributed by atoms with Gasteiger partial charge < -0.3 is 19.5 Å². The summed E-state index contributed by atoms with van der Waals surface area (Å²) in [6, 6.07) is 6.81. The molecule has 0 aliphatic carbocycles. The highest BCUT2D eigenvalue weighted by atomic mass is 16.5. The van der Waals surface area contributed by atoms with Gasteiger partial charge in [-0.05, 0) is 31.4 Å². The Labute approximate surface area is 129 Å². The number of aliphatic carboxylic acids is 1. The molecule has 6 nitrogen and oxygen atoms in total. The Kier molecular flexibility index (Phi) is 5.63. The Balaban J connectivity index is 1.93. The minimum absolute atomic E-state index is 0.00903. The number of ether oxygens (including phenoxy) is 2. The number of benzene rings is 1. The molecule has 1 aliphatic rings. The second-order valence-corrected chi connectivity index (χ2v) is 5.30. The average molecular weight is 307 g/mol. The maximum absolute atomic E-state index is 12.3. The van der Waals surface area contributed by atoms with Gasteiger partial charge in [-0.2, -0.15) is 0 Å². The number of carboxylic acid groups (broad SMARTS) is 1. The maximum Gasteiger partial charge on any atom is 0.305 e. The number of carbonyl (C=O) groups is 2. The first-order valence-corrected chi connectivity index (χ1v) is 7.38. The number of methoxy groups -OCH3 is 1. The predicted molar refractivity (Wildman–Crippen MR) is 80.1 cm³/mol. The molecule has 0 bridgehead atoms. The Morgan fingerprint density at radius 3 is 2.82 bits per heavy atom. The largest absolute Gasteiger partial charge is 0.497 e. The summed E-state index contributed by atoms with van der Waals surface area (Å²) in [5, 5.41) is 8.95. The Morgan fingerprint density at radius 2 is 2.09 bits per heavy atom. The molecule has 22 heavy (non-hydrogen) atoms. The SMILES string of the molecule is COc1cccc(OCC(=O)N2CCCC[C@H]2CC(=O)O)c1. The highest BCUT2D eigenvalue weighted by molar-refractivity contribution is 5.79. The van der Waals surface area contributed by atoms with E-state index in [1.54, 1.807) is 36.3 Å². The molecule has 1 N–H and O–H groups in total. The normalized spacial score (nSPS) is 17.9. The Bertz CT molecular complexity index is 531. The van der Waals surface area contributed by atoms with Crippen LogP contribution in [0.25, 0.3) is 0 Å². The van der Waals surface area contributed by atoms with Gasteiger partial charge in [0.2, 0.25) is 0 Å². The first kappa shape index (κ1) is 16.1. The Hall–Kier alpha value is -2.24. The standard InChI is InChI=1S/C16H21NO5/c1-21-13-6-4-7-14(10-13)22-11-15(18)17-8-3-2-5-12(17)9-16(19)20/h4,6-7,10,12H,2-3,5,8-9,11H2,1H3,(H,19,20)/t12-/m0/s1. The average Bonchev–Trinajstić information content (AvgIpc) is 2.53. The monoisotopic (exact) mass is 307 g/mol. The quantitative estimate of drug-likeness (QED) is 0.869. The van der Waals surface area contributed by atoms with Gasteiger partial charge >= 0.3 is 5.97 Å². The van der Waals surface area contributed by atoms with E-state index >= 15 is 0 Å². The highest BCUT2D eigenvalue weighted by Gasteiger charge is 2.28. The third kappa shape index (κ3) is 4.38. The first-order chi connectivity index (χ1) is 10.6. The smallest absolute Gasteiger partial charge is 0.305 e. The van der Waals surface area contributed by atoms with Gasteiger partial charge in [-0.25, -0.2) is 0 Å². The number of rotatable bonds is 6. The van der Waals surface area contributed by atoms with E-state index in [0.29, 0.717) is 18.0 Å². The zero-order valence-electron chi connectivity index (χ0n) is 12.7. The zero-order valence-corrected chi connectivity index (χ0v) is 12.7. The number of amides is 1. The van der Waals surface area contributed by atoms with Crippen molar-refractivity contribution in [1.82, 2.24) is 4.90 Å². The van der Waals surface area contributed by atoms with Crippen LogP contribution in [0.1, 0.15) is 25.7 Å². The summed E-state index contributed by atoms with van der Waals surface area (Å²) in [5.41, 5.74) is 0. The molecule has 0 saturated carbocycles. The van der Waals surface area contributed by atoms with E-state index in [1.807, 2.05) is 0 Å². The number of carbonyl (C=O) groups excluding carboxylic acids is 1. The van der Waals surface area contributed by atoms with E-state index in [0.717, 1.165) is 19.3 Å². The molecular weight excluding hydrogens is 286 g/mol. The minimum Gasteiger partial charge on any atom is -0.497 e. The summed E-state index contributed by atoms with van der Waals surface area (Å²) >= 11 is 0. The molecular formula is C16H21NO5. The molecule has 0 spiro atoms. The zero-order chi connectivity index (χ0) is 15.9. The molecule has 0 aromatic heterocycles. The van der Waals surface area contributed by atoms with Gasteiger partial charge in [0.25, 0.3) is 5.91 Å². The molecule has 1 heterocycles. The van der Waals surface area contributed by atoms with Gasteiger partial charge in [0.05, 0.1) is 13.5 Å². The minimum atomic E-state index is -0.876. The van der Waals surface area contributed by atoms with Crippen LogP contribution in [0.3, 0.4) is 0 Å². The van der Waals surface area contributed by atoms with Crippen molar-refractivity contribution in [1.29, 1.82) is 0 Å².